The minimum Gasteiger partial charge on any atom is -0.395 e. The summed E-state index contributed by atoms with van der Waals surface area (Å²) in [5.74, 6) is 0. The topological polar surface area (TPSA) is 72.0 Å². The van der Waals surface area contributed by atoms with Crippen molar-refractivity contribution in [3.05, 3.63) is 11.1 Å². The highest BCUT2D eigenvalue weighted by Gasteiger charge is 2.26. The number of aromatic nitrogens is 2. The van der Waals surface area contributed by atoms with Gasteiger partial charge >= 0.3 is 0 Å². The molecule has 5 heteroatoms. The second-order valence-electron chi connectivity index (χ2n) is 2.71. The number of aliphatic hydroxyl groups excluding tert-OH is 1. The normalized spacial score (nSPS) is 16.3. The highest BCUT2D eigenvalue weighted by Crippen LogP contribution is 2.19. The van der Waals surface area contributed by atoms with Gasteiger partial charge in [-0.25, -0.2) is 0 Å². The minimum absolute atomic E-state index is 0.00884. The molecular formula is C6H11N3OS. The van der Waals surface area contributed by atoms with E-state index in [0.29, 0.717) is 6.54 Å². The van der Waals surface area contributed by atoms with E-state index in [4.69, 9.17) is 10.8 Å². The summed E-state index contributed by atoms with van der Waals surface area (Å²) in [6.45, 7) is 2.26. The van der Waals surface area contributed by atoms with Crippen molar-refractivity contribution in [2.24, 2.45) is 5.73 Å². The zero-order valence-electron chi connectivity index (χ0n) is 6.32. The molecule has 0 aliphatic heterocycles. The molecule has 1 rings (SSSR count). The van der Waals surface area contributed by atoms with Crippen LogP contribution in [0.1, 0.15) is 12.6 Å². The molecule has 1 aromatic heterocycles. The molecule has 1 aromatic rings. The number of rotatable bonds is 3. The van der Waals surface area contributed by atoms with E-state index in [0.717, 1.165) is 5.69 Å². The van der Waals surface area contributed by atoms with E-state index in [-0.39, 0.29) is 6.61 Å². The van der Waals surface area contributed by atoms with Crippen LogP contribution in [0.25, 0.3) is 0 Å². The lowest BCUT2D eigenvalue weighted by molar-refractivity contribution is 0.207. The lowest BCUT2D eigenvalue weighted by atomic mass is 9.89. The molecule has 1 heterocycles. The molecule has 0 aliphatic carbocycles. The van der Waals surface area contributed by atoms with E-state index in [1.165, 1.54) is 11.5 Å². The third-order valence-corrected chi connectivity index (χ3v) is 2.28. The van der Waals surface area contributed by atoms with Gasteiger partial charge in [-0.1, -0.05) is 11.4 Å². The fourth-order valence-electron chi connectivity index (χ4n) is 0.678. The second kappa shape index (κ2) is 3.25. The maximum Gasteiger partial charge on any atom is 0.0849 e. The third kappa shape index (κ3) is 1.55. The number of nitrogens with two attached hydrogens (primary N) is 1. The highest BCUT2D eigenvalue weighted by atomic mass is 32.1. The Morgan fingerprint density at radius 3 is 2.91 bits per heavy atom. The Hall–Kier alpha value is -0.520. The lowest BCUT2D eigenvalue weighted by Gasteiger charge is -2.21. The summed E-state index contributed by atoms with van der Waals surface area (Å²) in [6.07, 6.45) is 0. The molecule has 0 aliphatic rings. The molecule has 0 fully saturated rings. The quantitative estimate of drug-likeness (QED) is 0.661. The van der Waals surface area contributed by atoms with Gasteiger partial charge in [0.15, 0.2) is 0 Å². The van der Waals surface area contributed by atoms with Crippen LogP contribution in [0.5, 0.6) is 0 Å². The van der Waals surface area contributed by atoms with Crippen molar-refractivity contribution in [2.75, 3.05) is 13.2 Å². The van der Waals surface area contributed by atoms with Crippen molar-refractivity contribution in [3.63, 3.8) is 0 Å². The molecule has 0 aromatic carbocycles. The molecule has 11 heavy (non-hydrogen) atoms. The Kier molecular flexibility index (Phi) is 2.53. The van der Waals surface area contributed by atoms with E-state index in [9.17, 15) is 0 Å². The van der Waals surface area contributed by atoms with Crippen LogP contribution in [0.2, 0.25) is 0 Å². The van der Waals surface area contributed by atoms with Gasteiger partial charge < -0.3 is 10.8 Å². The molecule has 0 saturated heterocycles. The Labute approximate surface area is 69.2 Å². The molecule has 4 nitrogen and oxygen atoms in total. The Bertz CT molecular complexity index is 208. The van der Waals surface area contributed by atoms with E-state index < -0.39 is 5.41 Å². The fourth-order valence-corrected chi connectivity index (χ4v) is 1.29. The summed E-state index contributed by atoms with van der Waals surface area (Å²) < 4.78 is 3.71. The number of aliphatic hydroxyl groups is 1. The predicted molar refractivity (Wildman–Crippen MR) is 43.4 cm³/mol. The number of hydrogen-bond donors (Lipinski definition) is 2. The van der Waals surface area contributed by atoms with Crippen molar-refractivity contribution in [3.8, 4) is 0 Å². The van der Waals surface area contributed by atoms with Crippen LogP contribution in [-0.4, -0.2) is 27.8 Å². The Morgan fingerprint density at radius 2 is 2.55 bits per heavy atom. The van der Waals surface area contributed by atoms with Crippen molar-refractivity contribution >= 4 is 11.5 Å². The molecule has 1 atom stereocenters. The molecule has 0 radical (unpaired) electrons. The molecule has 0 spiro atoms. The van der Waals surface area contributed by atoms with E-state index >= 15 is 0 Å². The Morgan fingerprint density at radius 1 is 1.82 bits per heavy atom. The van der Waals surface area contributed by atoms with Crippen LogP contribution in [-0.2, 0) is 5.41 Å². The van der Waals surface area contributed by atoms with Crippen LogP contribution in [0, 0.1) is 0 Å². The van der Waals surface area contributed by atoms with E-state index in [1.54, 1.807) is 0 Å². The summed E-state index contributed by atoms with van der Waals surface area (Å²) in [6, 6.07) is 0. The largest absolute Gasteiger partial charge is 0.395 e. The van der Waals surface area contributed by atoms with Gasteiger partial charge in [-0.2, -0.15) is 0 Å². The average Bonchev–Trinajstić information content (AvgIpc) is 2.55. The molecule has 62 valence electrons. The van der Waals surface area contributed by atoms with Crippen LogP contribution < -0.4 is 5.73 Å². The van der Waals surface area contributed by atoms with Crippen molar-refractivity contribution < 1.29 is 5.11 Å². The zero-order chi connectivity index (χ0) is 8.32. The van der Waals surface area contributed by atoms with Gasteiger partial charge in [-0.3, -0.25) is 0 Å². The first kappa shape index (κ1) is 8.58. The van der Waals surface area contributed by atoms with Gasteiger partial charge in [-0.05, 0) is 11.5 Å². The summed E-state index contributed by atoms with van der Waals surface area (Å²) >= 11 is 1.27. The third-order valence-electron chi connectivity index (χ3n) is 1.78. The number of nitrogens with zero attached hydrogens (tertiary/aromatic N) is 2. The maximum absolute atomic E-state index is 9.01. The van der Waals surface area contributed by atoms with Crippen LogP contribution in [0.4, 0.5) is 0 Å². The van der Waals surface area contributed by atoms with Crippen molar-refractivity contribution in [2.45, 2.75) is 12.3 Å². The molecular weight excluding hydrogens is 162 g/mol. The lowest BCUT2D eigenvalue weighted by Crippen LogP contribution is -2.35. The van der Waals surface area contributed by atoms with Crippen LogP contribution in [0.3, 0.4) is 0 Å². The van der Waals surface area contributed by atoms with Crippen molar-refractivity contribution in [1.29, 1.82) is 0 Å². The van der Waals surface area contributed by atoms with Gasteiger partial charge in [0.2, 0.25) is 0 Å². The van der Waals surface area contributed by atoms with Gasteiger partial charge in [0.1, 0.15) is 0 Å². The standard InChI is InChI=1S/C6H11N3OS/c1-6(3-7,4-10)5-2-11-9-8-5/h2,10H,3-4,7H2,1H3. The monoisotopic (exact) mass is 173 g/mol. The van der Waals surface area contributed by atoms with Gasteiger partial charge in [0.05, 0.1) is 12.3 Å². The first-order valence-corrected chi connectivity index (χ1v) is 4.15. The summed E-state index contributed by atoms with van der Waals surface area (Å²) in [5, 5.41) is 14.7. The van der Waals surface area contributed by atoms with E-state index in [1.807, 2.05) is 12.3 Å². The minimum atomic E-state index is -0.424. The van der Waals surface area contributed by atoms with Crippen LogP contribution >= 0.6 is 11.5 Å². The van der Waals surface area contributed by atoms with E-state index in [2.05, 4.69) is 9.59 Å². The molecule has 0 amide bonds. The number of hydrogen-bond acceptors (Lipinski definition) is 5. The zero-order valence-corrected chi connectivity index (χ0v) is 7.14. The van der Waals surface area contributed by atoms with Gasteiger partial charge in [0, 0.05) is 17.3 Å². The highest BCUT2D eigenvalue weighted by molar-refractivity contribution is 7.03. The molecule has 3 N–H and O–H groups in total. The molecule has 0 bridgehead atoms. The molecule has 1 unspecified atom stereocenters. The Balaban J connectivity index is 2.87. The smallest absolute Gasteiger partial charge is 0.0849 e. The first-order valence-electron chi connectivity index (χ1n) is 3.31. The fraction of sp³-hybridized carbons (Fsp3) is 0.667. The summed E-state index contributed by atoms with van der Waals surface area (Å²) in [4.78, 5) is 0. The summed E-state index contributed by atoms with van der Waals surface area (Å²) in [5.41, 5.74) is 5.83. The average molecular weight is 173 g/mol. The first-order chi connectivity index (χ1) is 5.23. The maximum atomic E-state index is 9.01. The van der Waals surface area contributed by atoms with Gasteiger partial charge in [0.25, 0.3) is 0 Å². The van der Waals surface area contributed by atoms with Crippen LogP contribution in [0.15, 0.2) is 5.38 Å². The second-order valence-corrected chi connectivity index (χ2v) is 3.32. The molecule has 0 saturated carbocycles. The summed E-state index contributed by atoms with van der Waals surface area (Å²) in [7, 11) is 0. The SMILES string of the molecule is CC(CN)(CO)c1csnn1. The predicted octanol–water partition coefficient (Wildman–Crippen LogP) is -0.253. The van der Waals surface area contributed by atoms with Crippen molar-refractivity contribution in [1.82, 2.24) is 9.59 Å². The van der Waals surface area contributed by atoms with Gasteiger partial charge in [-0.15, -0.1) is 5.10 Å².